The van der Waals surface area contributed by atoms with Crippen molar-refractivity contribution in [1.82, 2.24) is 4.90 Å². The van der Waals surface area contributed by atoms with Crippen LogP contribution in [0.2, 0.25) is 0 Å². The van der Waals surface area contributed by atoms with Gasteiger partial charge in [0.2, 0.25) is 5.91 Å². The maximum atomic E-state index is 12.3. The topological polar surface area (TPSA) is 40.5 Å². The van der Waals surface area contributed by atoms with Crippen LogP contribution in [0.1, 0.15) is 46.0 Å². The van der Waals surface area contributed by atoms with Gasteiger partial charge in [-0.25, -0.2) is 0 Å². The van der Waals surface area contributed by atoms with Gasteiger partial charge in [0.1, 0.15) is 0 Å². The van der Waals surface area contributed by atoms with Crippen LogP contribution in [0.25, 0.3) is 0 Å². The number of likely N-dealkylation sites (N-methyl/N-ethyl adjacent to an activating group) is 1. The van der Waals surface area contributed by atoms with E-state index in [0.717, 1.165) is 19.3 Å². The molecule has 1 N–H and O–H groups in total. The van der Waals surface area contributed by atoms with E-state index in [9.17, 15) is 4.79 Å². The second-order valence-corrected chi connectivity index (χ2v) is 4.79. The fourth-order valence-corrected chi connectivity index (χ4v) is 2.47. The summed E-state index contributed by atoms with van der Waals surface area (Å²) in [6, 6.07) is -0.0680. The lowest BCUT2D eigenvalue weighted by Crippen LogP contribution is -2.45. The van der Waals surface area contributed by atoms with E-state index < -0.39 is 0 Å². The molecule has 1 atom stereocenters. The predicted octanol–water partition coefficient (Wildman–Crippen LogP) is 1.80. The Hall–Kier alpha value is -0.570. The molecule has 0 heterocycles. The molecule has 3 nitrogen and oxygen atoms in total. The van der Waals surface area contributed by atoms with E-state index in [1.54, 1.807) is 11.9 Å². The second-order valence-electron chi connectivity index (χ2n) is 4.79. The molecule has 0 spiro atoms. The minimum absolute atomic E-state index is 0.0437. The number of aliphatic hydroxyl groups is 1. The maximum Gasteiger partial charge on any atom is 0.228 e. The standard InChI is InChI=1S/C12H23NO2/c1-4-12(7-5-6-8-12)11(15)13(3)10(2)9-14/h10,14H,4-9H2,1-3H3. The normalized spacial score (nSPS) is 21.3. The van der Waals surface area contributed by atoms with Gasteiger partial charge in [-0.3, -0.25) is 4.79 Å². The Morgan fingerprint density at radius 3 is 2.40 bits per heavy atom. The molecule has 1 rings (SSSR count). The summed E-state index contributed by atoms with van der Waals surface area (Å²) in [5.41, 5.74) is -0.127. The smallest absolute Gasteiger partial charge is 0.228 e. The number of hydrogen-bond acceptors (Lipinski definition) is 2. The van der Waals surface area contributed by atoms with Crippen molar-refractivity contribution >= 4 is 5.91 Å². The summed E-state index contributed by atoms with van der Waals surface area (Å²) in [4.78, 5) is 14.0. The van der Waals surface area contributed by atoms with E-state index in [1.807, 2.05) is 6.92 Å². The Balaban J connectivity index is 2.72. The first kappa shape index (κ1) is 12.5. The molecule has 3 heteroatoms. The lowest BCUT2D eigenvalue weighted by atomic mass is 9.81. The fourth-order valence-electron chi connectivity index (χ4n) is 2.47. The first-order valence-corrected chi connectivity index (χ1v) is 5.95. The monoisotopic (exact) mass is 213 g/mol. The quantitative estimate of drug-likeness (QED) is 0.773. The molecule has 1 unspecified atom stereocenters. The Labute approximate surface area is 92.5 Å². The summed E-state index contributed by atoms with van der Waals surface area (Å²) in [5.74, 6) is 0.226. The van der Waals surface area contributed by atoms with Crippen LogP contribution in [0, 0.1) is 5.41 Å². The summed E-state index contributed by atoms with van der Waals surface area (Å²) < 4.78 is 0. The van der Waals surface area contributed by atoms with Crippen molar-refractivity contribution < 1.29 is 9.90 Å². The zero-order valence-corrected chi connectivity index (χ0v) is 10.1. The minimum atomic E-state index is -0.127. The van der Waals surface area contributed by atoms with Crippen molar-refractivity contribution in [2.24, 2.45) is 5.41 Å². The molecule has 88 valence electrons. The molecule has 0 bridgehead atoms. The molecule has 1 saturated carbocycles. The van der Waals surface area contributed by atoms with Crippen LogP contribution >= 0.6 is 0 Å². The van der Waals surface area contributed by atoms with Crippen LogP contribution in [0.3, 0.4) is 0 Å². The minimum Gasteiger partial charge on any atom is -0.394 e. The van der Waals surface area contributed by atoms with Crippen LogP contribution in [-0.4, -0.2) is 35.6 Å². The molecular weight excluding hydrogens is 190 g/mol. The van der Waals surface area contributed by atoms with Gasteiger partial charge < -0.3 is 10.0 Å². The average Bonchev–Trinajstić information content (AvgIpc) is 2.75. The van der Waals surface area contributed by atoms with Gasteiger partial charge in [0.05, 0.1) is 12.6 Å². The zero-order valence-electron chi connectivity index (χ0n) is 10.1. The molecule has 0 saturated heterocycles. The zero-order chi connectivity index (χ0) is 11.5. The molecule has 1 aliphatic rings. The van der Waals surface area contributed by atoms with Crippen LogP contribution in [0.5, 0.6) is 0 Å². The van der Waals surface area contributed by atoms with Crippen molar-refractivity contribution in [1.29, 1.82) is 0 Å². The second kappa shape index (κ2) is 4.97. The molecule has 1 aliphatic carbocycles. The van der Waals surface area contributed by atoms with E-state index in [0.29, 0.717) is 0 Å². The summed E-state index contributed by atoms with van der Waals surface area (Å²) >= 11 is 0. The summed E-state index contributed by atoms with van der Waals surface area (Å²) in [5, 5.41) is 9.06. The lowest BCUT2D eigenvalue weighted by Gasteiger charge is -2.34. The van der Waals surface area contributed by atoms with E-state index in [1.165, 1.54) is 12.8 Å². The molecule has 15 heavy (non-hydrogen) atoms. The predicted molar refractivity (Wildman–Crippen MR) is 60.5 cm³/mol. The Kier molecular flexibility index (Phi) is 4.14. The molecule has 0 aromatic rings. The molecular formula is C12H23NO2. The van der Waals surface area contributed by atoms with E-state index in [2.05, 4.69) is 6.92 Å². The molecule has 0 radical (unpaired) electrons. The molecule has 0 aliphatic heterocycles. The van der Waals surface area contributed by atoms with Crippen molar-refractivity contribution in [2.75, 3.05) is 13.7 Å². The summed E-state index contributed by atoms with van der Waals surface area (Å²) in [6.07, 6.45) is 5.30. The summed E-state index contributed by atoms with van der Waals surface area (Å²) in [6.45, 7) is 4.03. The maximum absolute atomic E-state index is 12.3. The fraction of sp³-hybridized carbons (Fsp3) is 0.917. The number of carbonyl (C=O) groups excluding carboxylic acids is 1. The number of carbonyl (C=O) groups is 1. The summed E-state index contributed by atoms with van der Waals surface area (Å²) in [7, 11) is 1.80. The van der Waals surface area contributed by atoms with Gasteiger partial charge >= 0.3 is 0 Å². The van der Waals surface area contributed by atoms with Crippen molar-refractivity contribution in [2.45, 2.75) is 52.0 Å². The van der Waals surface area contributed by atoms with Crippen molar-refractivity contribution in [3.63, 3.8) is 0 Å². The first-order chi connectivity index (χ1) is 7.07. The van der Waals surface area contributed by atoms with Gasteiger partial charge in [0, 0.05) is 12.5 Å². The van der Waals surface area contributed by atoms with Gasteiger partial charge in [-0.2, -0.15) is 0 Å². The molecule has 1 amide bonds. The lowest BCUT2D eigenvalue weighted by molar-refractivity contribution is -0.143. The Morgan fingerprint density at radius 1 is 1.47 bits per heavy atom. The van der Waals surface area contributed by atoms with Gasteiger partial charge in [-0.1, -0.05) is 19.8 Å². The average molecular weight is 213 g/mol. The Morgan fingerprint density at radius 2 is 2.00 bits per heavy atom. The number of aliphatic hydroxyl groups excluding tert-OH is 1. The van der Waals surface area contributed by atoms with Crippen LogP contribution in [-0.2, 0) is 4.79 Å². The third kappa shape index (κ3) is 2.33. The largest absolute Gasteiger partial charge is 0.394 e. The highest BCUT2D eigenvalue weighted by molar-refractivity contribution is 5.83. The van der Waals surface area contributed by atoms with E-state index in [4.69, 9.17) is 5.11 Å². The van der Waals surface area contributed by atoms with E-state index >= 15 is 0 Å². The third-order valence-electron chi connectivity index (χ3n) is 3.94. The number of hydrogen-bond donors (Lipinski definition) is 1. The van der Waals surface area contributed by atoms with E-state index in [-0.39, 0.29) is 24.0 Å². The highest BCUT2D eigenvalue weighted by Gasteiger charge is 2.41. The van der Waals surface area contributed by atoms with Crippen LogP contribution in [0.4, 0.5) is 0 Å². The first-order valence-electron chi connectivity index (χ1n) is 5.95. The highest BCUT2D eigenvalue weighted by Crippen LogP contribution is 2.42. The number of rotatable bonds is 4. The van der Waals surface area contributed by atoms with Crippen molar-refractivity contribution in [3.05, 3.63) is 0 Å². The molecule has 0 aromatic carbocycles. The SMILES string of the molecule is CCC1(C(=O)N(C)C(C)CO)CCCC1. The van der Waals surface area contributed by atoms with Gasteiger partial charge in [0.25, 0.3) is 0 Å². The third-order valence-corrected chi connectivity index (χ3v) is 3.94. The van der Waals surface area contributed by atoms with Crippen LogP contribution in [0.15, 0.2) is 0 Å². The Bertz CT molecular complexity index is 222. The molecule has 1 fully saturated rings. The van der Waals surface area contributed by atoms with Crippen LogP contribution < -0.4 is 0 Å². The number of nitrogens with zero attached hydrogens (tertiary/aromatic N) is 1. The number of amides is 1. The van der Waals surface area contributed by atoms with Gasteiger partial charge in [0.15, 0.2) is 0 Å². The molecule has 0 aromatic heterocycles. The highest BCUT2D eigenvalue weighted by atomic mass is 16.3. The van der Waals surface area contributed by atoms with Gasteiger partial charge in [-0.15, -0.1) is 0 Å². The van der Waals surface area contributed by atoms with Gasteiger partial charge in [-0.05, 0) is 26.2 Å². The van der Waals surface area contributed by atoms with Crippen molar-refractivity contribution in [3.8, 4) is 0 Å².